The number of hydrogen-bond donors (Lipinski definition) is 0. The quantitative estimate of drug-likeness (QED) is 0.720. The lowest BCUT2D eigenvalue weighted by molar-refractivity contribution is 1.30. The predicted octanol–water partition coefficient (Wildman–Crippen LogP) is 4.13. The van der Waals surface area contributed by atoms with Gasteiger partial charge in [0.05, 0.1) is 0 Å². The molecule has 0 unspecified atom stereocenters. The van der Waals surface area contributed by atoms with Gasteiger partial charge in [-0.05, 0) is 17.2 Å². The van der Waals surface area contributed by atoms with E-state index in [1.807, 2.05) is 12.1 Å². The van der Waals surface area contributed by atoms with Crippen molar-refractivity contribution >= 4 is 43.5 Å². The number of hydrogen-bond acceptors (Lipinski definition) is 0. The Kier molecular flexibility index (Phi) is 3.90. The van der Waals surface area contributed by atoms with Gasteiger partial charge in [-0.25, -0.2) is 0 Å². The van der Waals surface area contributed by atoms with Gasteiger partial charge >= 0.3 is 0 Å². The third-order valence-electron chi connectivity index (χ3n) is 1.49. The summed E-state index contributed by atoms with van der Waals surface area (Å²) in [6.07, 6.45) is 0. The van der Waals surface area contributed by atoms with E-state index in [2.05, 4.69) is 37.9 Å². The maximum Gasteiger partial charge on any atom is 0.0449 e. The van der Waals surface area contributed by atoms with Crippen LogP contribution < -0.4 is 0 Å². The molecule has 0 aromatic heterocycles. The van der Waals surface area contributed by atoms with E-state index in [1.165, 1.54) is 11.1 Å². The van der Waals surface area contributed by atoms with Crippen molar-refractivity contribution in [1.29, 1.82) is 0 Å². The molecule has 1 aromatic carbocycles. The Labute approximate surface area is 88.2 Å². The summed E-state index contributed by atoms with van der Waals surface area (Å²) in [4.78, 5) is 0. The highest BCUT2D eigenvalue weighted by Gasteiger charge is 2.02. The van der Waals surface area contributed by atoms with Crippen molar-refractivity contribution < 1.29 is 0 Å². The normalized spacial score (nSPS) is 10.1. The lowest BCUT2D eigenvalue weighted by Crippen LogP contribution is -1.87. The average Bonchev–Trinajstić information content (AvgIpc) is 2.04. The number of benzene rings is 1. The Morgan fingerprint density at radius 1 is 1.18 bits per heavy atom. The van der Waals surface area contributed by atoms with Crippen LogP contribution in [-0.4, -0.2) is 0 Å². The first-order valence-corrected chi connectivity index (χ1v) is 5.80. The van der Waals surface area contributed by atoms with Crippen molar-refractivity contribution in [1.82, 2.24) is 0 Å². The van der Waals surface area contributed by atoms with Gasteiger partial charge in [0.15, 0.2) is 0 Å². The highest BCUT2D eigenvalue weighted by atomic mass is 79.9. The first kappa shape index (κ1) is 9.56. The van der Waals surface area contributed by atoms with Crippen LogP contribution in [0.1, 0.15) is 11.1 Å². The van der Waals surface area contributed by atoms with Crippen molar-refractivity contribution in [2.24, 2.45) is 0 Å². The van der Waals surface area contributed by atoms with Gasteiger partial charge in [-0.2, -0.15) is 0 Å². The molecule has 0 fully saturated rings. The molecule has 11 heavy (non-hydrogen) atoms. The van der Waals surface area contributed by atoms with E-state index in [-0.39, 0.29) is 0 Å². The zero-order chi connectivity index (χ0) is 8.27. The van der Waals surface area contributed by atoms with Gasteiger partial charge < -0.3 is 0 Å². The van der Waals surface area contributed by atoms with Crippen LogP contribution in [0.25, 0.3) is 0 Å². The number of rotatable bonds is 2. The Morgan fingerprint density at radius 3 is 2.36 bits per heavy atom. The maximum atomic E-state index is 5.96. The molecule has 3 heteroatoms. The van der Waals surface area contributed by atoms with Crippen LogP contribution in [-0.2, 0) is 10.7 Å². The fourth-order valence-corrected chi connectivity index (χ4v) is 2.49. The molecule has 0 aliphatic heterocycles. The van der Waals surface area contributed by atoms with Crippen LogP contribution >= 0.6 is 43.5 Å². The fourth-order valence-electron chi connectivity index (χ4n) is 0.878. The van der Waals surface area contributed by atoms with Crippen molar-refractivity contribution in [2.75, 3.05) is 0 Å². The standard InChI is InChI=1S/C8H7Br2Cl/c9-4-6-2-1-3-8(11)7(6)5-10/h1-3H,4-5H2. The van der Waals surface area contributed by atoms with Gasteiger partial charge in [0, 0.05) is 15.7 Å². The minimum Gasteiger partial charge on any atom is -0.0876 e. The minimum absolute atomic E-state index is 0.813. The molecule has 0 atom stereocenters. The molecule has 1 aromatic rings. The van der Waals surface area contributed by atoms with Gasteiger partial charge in [0.1, 0.15) is 0 Å². The molecule has 0 aliphatic rings. The molecule has 0 bridgehead atoms. The van der Waals surface area contributed by atoms with Gasteiger partial charge in [0.25, 0.3) is 0 Å². The van der Waals surface area contributed by atoms with Gasteiger partial charge in [-0.15, -0.1) is 0 Å². The van der Waals surface area contributed by atoms with Gasteiger partial charge in [-0.1, -0.05) is 55.6 Å². The highest BCUT2D eigenvalue weighted by molar-refractivity contribution is 9.09. The van der Waals surface area contributed by atoms with Gasteiger partial charge in [0.2, 0.25) is 0 Å². The SMILES string of the molecule is Clc1cccc(CBr)c1CBr. The van der Waals surface area contributed by atoms with Crippen LogP contribution in [0.5, 0.6) is 0 Å². The summed E-state index contributed by atoms with van der Waals surface area (Å²) in [5.41, 5.74) is 2.42. The largest absolute Gasteiger partial charge is 0.0876 e. The summed E-state index contributed by atoms with van der Waals surface area (Å²) in [6.45, 7) is 0. The van der Waals surface area contributed by atoms with E-state index in [1.54, 1.807) is 0 Å². The topological polar surface area (TPSA) is 0 Å². The van der Waals surface area contributed by atoms with Crippen molar-refractivity contribution in [3.05, 3.63) is 34.3 Å². The van der Waals surface area contributed by atoms with E-state index < -0.39 is 0 Å². The van der Waals surface area contributed by atoms with E-state index in [4.69, 9.17) is 11.6 Å². The van der Waals surface area contributed by atoms with E-state index in [0.717, 1.165) is 15.7 Å². The molecule has 1 rings (SSSR count). The average molecular weight is 298 g/mol. The number of alkyl halides is 2. The molecular weight excluding hydrogens is 291 g/mol. The molecule has 0 saturated heterocycles. The summed E-state index contributed by atoms with van der Waals surface area (Å²) in [7, 11) is 0. The Balaban J connectivity index is 3.13. The molecule has 0 radical (unpaired) electrons. The van der Waals surface area contributed by atoms with Crippen molar-refractivity contribution in [3.63, 3.8) is 0 Å². The predicted molar refractivity (Wildman–Crippen MR) is 56.7 cm³/mol. The lowest BCUT2D eigenvalue weighted by Gasteiger charge is -2.04. The van der Waals surface area contributed by atoms with E-state index >= 15 is 0 Å². The van der Waals surface area contributed by atoms with Crippen molar-refractivity contribution in [3.8, 4) is 0 Å². The molecule has 0 nitrogen and oxygen atoms in total. The summed E-state index contributed by atoms with van der Waals surface area (Å²) in [6, 6.07) is 5.94. The van der Waals surface area contributed by atoms with Crippen LogP contribution in [0.4, 0.5) is 0 Å². The van der Waals surface area contributed by atoms with Gasteiger partial charge in [-0.3, -0.25) is 0 Å². The molecule has 60 valence electrons. The smallest absolute Gasteiger partial charge is 0.0449 e. The first-order valence-electron chi connectivity index (χ1n) is 3.17. The second kappa shape index (κ2) is 4.48. The van der Waals surface area contributed by atoms with Crippen molar-refractivity contribution in [2.45, 2.75) is 10.7 Å². The molecule has 0 N–H and O–H groups in total. The number of halogens is 3. The Bertz CT molecular complexity index is 248. The third kappa shape index (κ3) is 2.20. The lowest BCUT2D eigenvalue weighted by atomic mass is 10.1. The minimum atomic E-state index is 0.813. The molecule has 0 aliphatic carbocycles. The monoisotopic (exact) mass is 296 g/mol. The Morgan fingerprint density at radius 2 is 1.91 bits per heavy atom. The van der Waals surface area contributed by atoms with Crippen LogP contribution in [0, 0.1) is 0 Å². The molecule has 0 heterocycles. The zero-order valence-electron chi connectivity index (χ0n) is 5.78. The Hall–Kier alpha value is 0.470. The van der Waals surface area contributed by atoms with E-state index in [0.29, 0.717) is 0 Å². The summed E-state index contributed by atoms with van der Waals surface area (Å²) < 4.78 is 0. The second-order valence-corrected chi connectivity index (χ2v) is 3.67. The van der Waals surface area contributed by atoms with Crippen LogP contribution in [0.3, 0.4) is 0 Å². The third-order valence-corrected chi connectivity index (χ3v) is 3.01. The molecule has 0 saturated carbocycles. The summed E-state index contributed by atoms with van der Waals surface area (Å²) in [5, 5.41) is 2.50. The van der Waals surface area contributed by atoms with Crippen LogP contribution in [0.15, 0.2) is 18.2 Å². The molecule has 0 spiro atoms. The molecular formula is C8H7Br2Cl. The van der Waals surface area contributed by atoms with E-state index in [9.17, 15) is 0 Å². The summed E-state index contributed by atoms with van der Waals surface area (Å²) in [5.74, 6) is 0. The second-order valence-electron chi connectivity index (χ2n) is 2.14. The van der Waals surface area contributed by atoms with Crippen LogP contribution in [0.2, 0.25) is 5.02 Å². The molecule has 0 amide bonds. The highest BCUT2D eigenvalue weighted by Crippen LogP contribution is 2.23. The summed E-state index contributed by atoms with van der Waals surface area (Å²) >= 11 is 12.8. The maximum absolute atomic E-state index is 5.96. The zero-order valence-corrected chi connectivity index (χ0v) is 9.71. The fraction of sp³-hybridized carbons (Fsp3) is 0.250. The first-order chi connectivity index (χ1) is 5.29.